The lowest BCUT2D eigenvalue weighted by molar-refractivity contribution is 0.0220. The largest absolute Gasteiger partial charge is 0.460 e. The number of furan rings is 1. The van der Waals surface area contributed by atoms with Crippen LogP contribution in [0.5, 0.6) is 0 Å². The third-order valence-corrected chi connectivity index (χ3v) is 5.85. The zero-order valence-electron chi connectivity index (χ0n) is 15.9. The molecule has 0 amide bonds. The summed E-state index contributed by atoms with van der Waals surface area (Å²) in [5.41, 5.74) is 3.64. The molecule has 0 saturated carbocycles. The summed E-state index contributed by atoms with van der Waals surface area (Å²) in [6.07, 6.45) is 8.74. The summed E-state index contributed by atoms with van der Waals surface area (Å²) in [5.74, 6) is 1.56. The molecular formula is C22H26O3S. The third kappa shape index (κ3) is 3.90. The number of aryl methyl sites for hydroxylation is 2. The van der Waals surface area contributed by atoms with Crippen molar-refractivity contribution < 1.29 is 13.9 Å². The van der Waals surface area contributed by atoms with E-state index in [-0.39, 0.29) is 12.1 Å². The number of esters is 1. The number of hydrogen-bond donors (Lipinski definition) is 0. The van der Waals surface area contributed by atoms with Crippen LogP contribution < -0.4 is 0 Å². The third-order valence-electron chi connectivity index (χ3n) is 4.65. The van der Waals surface area contributed by atoms with Crippen LogP contribution in [0.4, 0.5) is 0 Å². The molecule has 3 rings (SSSR count). The van der Waals surface area contributed by atoms with Crippen molar-refractivity contribution in [1.29, 1.82) is 0 Å². The number of cyclic esters (lactones) is 1. The van der Waals surface area contributed by atoms with Gasteiger partial charge in [-0.25, -0.2) is 4.79 Å². The van der Waals surface area contributed by atoms with Gasteiger partial charge in [0, 0.05) is 16.7 Å². The van der Waals surface area contributed by atoms with Crippen molar-refractivity contribution in [2.75, 3.05) is 5.75 Å². The molecule has 1 aliphatic heterocycles. The Morgan fingerprint density at radius 2 is 2.12 bits per heavy atom. The van der Waals surface area contributed by atoms with Crippen LogP contribution in [-0.4, -0.2) is 17.8 Å². The van der Waals surface area contributed by atoms with Gasteiger partial charge >= 0.3 is 5.97 Å². The van der Waals surface area contributed by atoms with E-state index in [4.69, 9.17) is 9.15 Å². The fourth-order valence-electron chi connectivity index (χ4n) is 3.52. The molecule has 1 unspecified atom stereocenters. The van der Waals surface area contributed by atoms with Gasteiger partial charge in [0.15, 0.2) is 0 Å². The Kier molecular flexibility index (Phi) is 5.92. The van der Waals surface area contributed by atoms with Gasteiger partial charge in [-0.2, -0.15) is 0 Å². The highest BCUT2D eigenvalue weighted by molar-refractivity contribution is 8.03. The van der Waals surface area contributed by atoms with Crippen LogP contribution in [0.3, 0.4) is 0 Å². The van der Waals surface area contributed by atoms with Crippen molar-refractivity contribution in [2.24, 2.45) is 0 Å². The zero-order chi connectivity index (χ0) is 18.7. The van der Waals surface area contributed by atoms with E-state index in [1.54, 1.807) is 0 Å². The van der Waals surface area contributed by atoms with E-state index < -0.39 is 0 Å². The lowest BCUT2D eigenvalue weighted by atomic mass is 9.98. The number of benzene rings is 1. The first kappa shape index (κ1) is 18.8. The van der Waals surface area contributed by atoms with Crippen LogP contribution in [0, 0.1) is 13.8 Å². The average Bonchev–Trinajstić information content (AvgIpc) is 2.96. The number of carbonyl (C=O) groups excluding carboxylic acids is 1. The summed E-state index contributed by atoms with van der Waals surface area (Å²) in [7, 11) is 0. The van der Waals surface area contributed by atoms with Crippen LogP contribution >= 0.6 is 11.8 Å². The Balaban J connectivity index is 1.67. The molecule has 0 spiro atoms. The van der Waals surface area contributed by atoms with E-state index >= 15 is 0 Å². The highest BCUT2D eigenvalue weighted by Gasteiger charge is 2.32. The number of ether oxygens (including phenoxy) is 1. The number of hydrogen-bond acceptors (Lipinski definition) is 4. The molecule has 4 heteroatoms. The monoisotopic (exact) mass is 370 g/mol. The normalized spacial score (nSPS) is 17.8. The van der Waals surface area contributed by atoms with Gasteiger partial charge in [0.05, 0.1) is 0 Å². The molecule has 2 heterocycles. The average molecular weight is 371 g/mol. The molecule has 3 nitrogen and oxygen atoms in total. The molecule has 0 fully saturated rings. The van der Waals surface area contributed by atoms with Gasteiger partial charge in [0.2, 0.25) is 0 Å². The van der Waals surface area contributed by atoms with Gasteiger partial charge in [0.1, 0.15) is 23.0 Å². The van der Waals surface area contributed by atoms with Crippen molar-refractivity contribution in [2.45, 2.75) is 53.1 Å². The fraction of sp³-hybridized carbons (Fsp3) is 0.409. The summed E-state index contributed by atoms with van der Waals surface area (Å²) in [6.45, 7) is 8.14. The molecule has 1 atom stereocenters. The summed E-state index contributed by atoms with van der Waals surface area (Å²) in [6, 6.07) is 4.08. The van der Waals surface area contributed by atoms with E-state index in [2.05, 4.69) is 31.2 Å². The Hall–Kier alpha value is -1.94. The topological polar surface area (TPSA) is 39.4 Å². The van der Waals surface area contributed by atoms with Crippen molar-refractivity contribution in [3.05, 3.63) is 57.7 Å². The summed E-state index contributed by atoms with van der Waals surface area (Å²) in [4.78, 5) is 13.9. The minimum absolute atomic E-state index is 0.0895. The summed E-state index contributed by atoms with van der Waals surface area (Å²) >= 11 is 1.84. The molecule has 26 heavy (non-hydrogen) atoms. The first-order valence-electron chi connectivity index (χ1n) is 9.19. The molecule has 1 aromatic carbocycles. The minimum atomic E-state index is -0.238. The van der Waals surface area contributed by atoms with Gasteiger partial charge < -0.3 is 9.15 Å². The lowest BCUT2D eigenvalue weighted by Gasteiger charge is -2.21. The fourth-order valence-corrected chi connectivity index (χ4v) is 4.47. The molecule has 0 saturated heterocycles. The molecule has 0 radical (unpaired) electrons. The summed E-state index contributed by atoms with van der Waals surface area (Å²) in [5, 5.41) is 0.911. The number of thioether (sulfide) groups is 1. The Morgan fingerprint density at radius 3 is 2.85 bits per heavy atom. The van der Waals surface area contributed by atoms with Crippen LogP contribution in [0.2, 0.25) is 0 Å². The van der Waals surface area contributed by atoms with Crippen LogP contribution in [0.1, 0.15) is 53.9 Å². The van der Waals surface area contributed by atoms with Gasteiger partial charge in [0.25, 0.3) is 0 Å². The minimum Gasteiger partial charge on any atom is -0.460 e. The van der Waals surface area contributed by atoms with Gasteiger partial charge in [-0.3, -0.25) is 0 Å². The van der Waals surface area contributed by atoms with Gasteiger partial charge in [-0.1, -0.05) is 24.3 Å². The molecule has 0 aliphatic carbocycles. The van der Waals surface area contributed by atoms with Crippen LogP contribution in [-0.2, 0) is 11.2 Å². The first-order chi connectivity index (χ1) is 12.5. The molecule has 2 aromatic rings. The Bertz CT molecular complexity index is 873. The maximum absolute atomic E-state index is 12.6. The van der Waals surface area contributed by atoms with Crippen molar-refractivity contribution in [3.63, 3.8) is 0 Å². The zero-order valence-corrected chi connectivity index (χ0v) is 16.7. The van der Waals surface area contributed by atoms with E-state index in [0.717, 1.165) is 46.5 Å². The molecule has 1 aromatic heterocycles. The quantitative estimate of drug-likeness (QED) is 0.349. The van der Waals surface area contributed by atoms with Crippen LogP contribution in [0.15, 0.2) is 39.7 Å². The second-order valence-corrected chi connectivity index (χ2v) is 7.94. The van der Waals surface area contributed by atoms with Crippen molar-refractivity contribution >= 4 is 28.7 Å². The predicted molar refractivity (Wildman–Crippen MR) is 109 cm³/mol. The van der Waals surface area contributed by atoms with Crippen molar-refractivity contribution in [3.8, 4) is 0 Å². The highest BCUT2D eigenvalue weighted by atomic mass is 32.2. The maximum atomic E-state index is 12.6. The highest BCUT2D eigenvalue weighted by Crippen LogP contribution is 2.35. The standard InChI is InChI=1S/C22H26O3S/c1-5-8-17(6-2)26-10-7-9-16-13-19-21(22(23)24-16)20-15(4)11-14(3)12-18(20)25-19/h5-6,8,11-12,16H,7,9-10,13H2,1-4H3/b8-5-,17-6+. The molecular weight excluding hydrogens is 344 g/mol. The molecule has 1 aliphatic rings. The van der Waals surface area contributed by atoms with E-state index in [1.807, 2.05) is 38.6 Å². The van der Waals surface area contributed by atoms with Gasteiger partial charge in [-0.05, 0) is 63.5 Å². The van der Waals surface area contributed by atoms with Crippen molar-refractivity contribution in [1.82, 2.24) is 0 Å². The van der Waals surface area contributed by atoms with E-state index in [9.17, 15) is 4.79 Å². The predicted octanol–water partition coefficient (Wildman–Crippen LogP) is 6.12. The number of allylic oxidation sites excluding steroid dienone is 3. The lowest BCUT2D eigenvalue weighted by Crippen LogP contribution is -2.27. The second-order valence-electron chi connectivity index (χ2n) is 6.77. The number of rotatable bonds is 6. The van der Waals surface area contributed by atoms with E-state index in [0.29, 0.717) is 12.0 Å². The Morgan fingerprint density at radius 1 is 1.31 bits per heavy atom. The molecule has 0 bridgehead atoms. The second kappa shape index (κ2) is 8.17. The van der Waals surface area contributed by atoms with E-state index in [1.165, 1.54) is 4.91 Å². The summed E-state index contributed by atoms with van der Waals surface area (Å²) < 4.78 is 11.7. The van der Waals surface area contributed by atoms with Gasteiger partial charge in [-0.15, -0.1) is 11.8 Å². The van der Waals surface area contributed by atoms with Crippen LogP contribution in [0.25, 0.3) is 11.0 Å². The number of fused-ring (bicyclic) bond motifs is 3. The first-order valence-corrected chi connectivity index (χ1v) is 10.2. The SMILES string of the molecule is C/C=C\C(=C/C)SCCCC1Cc2oc3cc(C)cc(C)c3c2C(=O)O1. The molecule has 0 N–H and O–H groups in total. The Labute approximate surface area is 159 Å². The smallest absolute Gasteiger partial charge is 0.342 e. The maximum Gasteiger partial charge on any atom is 0.342 e. The number of carbonyl (C=O) groups is 1. The molecule has 138 valence electrons.